The summed E-state index contributed by atoms with van der Waals surface area (Å²) in [6, 6.07) is 0. The molecule has 1 aliphatic heterocycles. The van der Waals surface area contributed by atoms with Gasteiger partial charge in [-0.2, -0.15) is 11.8 Å². The standard InChI is InChI=1S/C10H18N2OS2/c1-12(7-9(11)14)10(13)6-8-2-4-15-5-3-8/h8H,2-7H2,1H3,(H2,11,14). The van der Waals surface area contributed by atoms with Gasteiger partial charge in [-0.05, 0) is 30.3 Å². The lowest BCUT2D eigenvalue weighted by molar-refractivity contribution is -0.130. The fraction of sp³-hybridized carbons (Fsp3) is 0.800. The number of thiocarbonyl (C=S) groups is 1. The van der Waals surface area contributed by atoms with E-state index >= 15 is 0 Å². The van der Waals surface area contributed by atoms with E-state index in [1.165, 1.54) is 11.5 Å². The van der Waals surface area contributed by atoms with E-state index in [0.29, 0.717) is 23.9 Å². The number of likely N-dealkylation sites (N-methyl/N-ethyl adjacent to an activating group) is 1. The zero-order valence-electron chi connectivity index (χ0n) is 9.07. The minimum Gasteiger partial charge on any atom is -0.392 e. The number of amides is 1. The zero-order valence-corrected chi connectivity index (χ0v) is 10.7. The number of carbonyl (C=O) groups excluding carboxylic acids is 1. The summed E-state index contributed by atoms with van der Waals surface area (Å²) in [4.78, 5) is 13.8. The maximum atomic E-state index is 11.8. The third-order valence-corrected chi connectivity index (χ3v) is 3.80. The summed E-state index contributed by atoms with van der Waals surface area (Å²) in [7, 11) is 1.76. The molecular formula is C10H18N2OS2. The quantitative estimate of drug-likeness (QED) is 0.759. The summed E-state index contributed by atoms with van der Waals surface area (Å²) in [5.41, 5.74) is 5.40. The number of nitrogens with two attached hydrogens (primary N) is 1. The van der Waals surface area contributed by atoms with Crippen LogP contribution in [0.5, 0.6) is 0 Å². The van der Waals surface area contributed by atoms with Crippen LogP contribution in [0.25, 0.3) is 0 Å². The van der Waals surface area contributed by atoms with Crippen LogP contribution >= 0.6 is 24.0 Å². The van der Waals surface area contributed by atoms with Crippen LogP contribution in [0.4, 0.5) is 0 Å². The molecule has 0 bridgehead atoms. The first-order chi connectivity index (χ1) is 7.09. The van der Waals surface area contributed by atoms with Crippen molar-refractivity contribution in [2.24, 2.45) is 11.7 Å². The van der Waals surface area contributed by atoms with Crippen LogP contribution in [0, 0.1) is 5.92 Å². The van der Waals surface area contributed by atoms with Crippen molar-refractivity contribution in [3.8, 4) is 0 Å². The summed E-state index contributed by atoms with van der Waals surface area (Å²) < 4.78 is 0. The Hall–Kier alpha value is -0.290. The molecule has 0 saturated carbocycles. The fourth-order valence-corrected chi connectivity index (χ4v) is 3.07. The maximum absolute atomic E-state index is 11.8. The zero-order chi connectivity index (χ0) is 11.3. The number of hydrogen-bond acceptors (Lipinski definition) is 3. The Morgan fingerprint density at radius 3 is 2.67 bits per heavy atom. The lowest BCUT2D eigenvalue weighted by atomic mass is 9.98. The van der Waals surface area contributed by atoms with Crippen LogP contribution in [0.3, 0.4) is 0 Å². The second kappa shape index (κ2) is 6.33. The van der Waals surface area contributed by atoms with Crippen molar-refractivity contribution < 1.29 is 4.79 Å². The van der Waals surface area contributed by atoms with E-state index in [-0.39, 0.29) is 5.91 Å². The van der Waals surface area contributed by atoms with E-state index in [4.69, 9.17) is 18.0 Å². The molecule has 0 radical (unpaired) electrons. The van der Waals surface area contributed by atoms with E-state index in [0.717, 1.165) is 12.8 Å². The molecule has 0 aromatic rings. The Bertz CT molecular complexity index is 240. The molecule has 1 saturated heterocycles. The van der Waals surface area contributed by atoms with E-state index in [9.17, 15) is 4.79 Å². The number of nitrogens with zero attached hydrogens (tertiary/aromatic N) is 1. The number of rotatable bonds is 4. The minimum absolute atomic E-state index is 0.166. The van der Waals surface area contributed by atoms with Gasteiger partial charge in [0.05, 0.1) is 11.5 Å². The van der Waals surface area contributed by atoms with Gasteiger partial charge < -0.3 is 10.6 Å². The molecule has 1 aliphatic rings. The normalized spacial score (nSPS) is 17.4. The van der Waals surface area contributed by atoms with Crippen molar-refractivity contribution in [3.05, 3.63) is 0 Å². The van der Waals surface area contributed by atoms with Crippen LogP contribution < -0.4 is 5.73 Å². The Morgan fingerprint density at radius 2 is 2.13 bits per heavy atom. The molecular weight excluding hydrogens is 228 g/mol. The first-order valence-electron chi connectivity index (χ1n) is 5.19. The van der Waals surface area contributed by atoms with Gasteiger partial charge in [0.1, 0.15) is 0 Å². The first kappa shape index (κ1) is 12.8. The molecule has 15 heavy (non-hydrogen) atoms. The van der Waals surface area contributed by atoms with Gasteiger partial charge in [-0.15, -0.1) is 0 Å². The third kappa shape index (κ3) is 4.84. The highest BCUT2D eigenvalue weighted by Crippen LogP contribution is 2.25. The average molecular weight is 246 g/mol. The third-order valence-electron chi connectivity index (χ3n) is 2.62. The highest BCUT2D eigenvalue weighted by Gasteiger charge is 2.19. The number of hydrogen-bond donors (Lipinski definition) is 1. The Labute approximate surface area is 101 Å². The van der Waals surface area contributed by atoms with Gasteiger partial charge in [0.25, 0.3) is 0 Å². The molecule has 0 spiro atoms. The molecule has 0 aliphatic carbocycles. The monoisotopic (exact) mass is 246 g/mol. The van der Waals surface area contributed by atoms with E-state index in [1.54, 1.807) is 11.9 Å². The second-order valence-electron chi connectivity index (χ2n) is 3.98. The molecule has 1 heterocycles. The predicted molar refractivity (Wildman–Crippen MR) is 69.1 cm³/mol. The molecule has 1 rings (SSSR count). The molecule has 1 fully saturated rings. The molecule has 86 valence electrons. The topological polar surface area (TPSA) is 46.3 Å². The van der Waals surface area contributed by atoms with Crippen molar-refractivity contribution in [1.82, 2.24) is 4.90 Å². The molecule has 0 unspecified atom stereocenters. The second-order valence-corrected chi connectivity index (χ2v) is 5.73. The smallest absolute Gasteiger partial charge is 0.222 e. The molecule has 1 amide bonds. The summed E-state index contributed by atoms with van der Waals surface area (Å²) in [5, 5.41) is 0. The van der Waals surface area contributed by atoms with Crippen LogP contribution in [0.2, 0.25) is 0 Å². The maximum Gasteiger partial charge on any atom is 0.222 e. The molecule has 0 aromatic heterocycles. The van der Waals surface area contributed by atoms with Crippen molar-refractivity contribution in [3.63, 3.8) is 0 Å². The Balaban J connectivity index is 2.30. The molecule has 5 heteroatoms. The van der Waals surface area contributed by atoms with Gasteiger partial charge in [0.2, 0.25) is 5.91 Å². The number of thioether (sulfide) groups is 1. The lowest BCUT2D eigenvalue weighted by Crippen LogP contribution is -2.35. The highest BCUT2D eigenvalue weighted by molar-refractivity contribution is 7.99. The first-order valence-corrected chi connectivity index (χ1v) is 6.76. The van der Waals surface area contributed by atoms with Gasteiger partial charge in [0, 0.05) is 13.5 Å². The van der Waals surface area contributed by atoms with Gasteiger partial charge in [-0.25, -0.2) is 0 Å². The van der Waals surface area contributed by atoms with Crippen molar-refractivity contribution in [1.29, 1.82) is 0 Å². The average Bonchev–Trinajstić information content (AvgIpc) is 2.18. The summed E-state index contributed by atoms with van der Waals surface area (Å²) >= 11 is 6.76. The molecule has 0 aromatic carbocycles. The lowest BCUT2D eigenvalue weighted by Gasteiger charge is -2.23. The SMILES string of the molecule is CN(CC(N)=S)C(=O)CC1CCSCC1. The van der Waals surface area contributed by atoms with Crippen LogP contribution in [0.15, 0.2) is 0 Å². The summed E-state index contributed by atoms with van der Waals surface area (Å²) in [6.45, 7) is 0.398. The molecule has 3 nitrogen and oxygen atoms in total. The van der Waals surface area contributed by atoms with E-state index in [2.05, 4.69) is 0 Å². The minimum atomic E-state index is 0.166. The largest absolute Gasteiger partial charge is 0.392 e. The predicted octanol–water partition coefficient (Wildman–Crippen LogP) is 1.26. The fourth-order valence-electron chi connectivity index (χ4n) is 1.68. The Morgan fingerprint density at radius 1 is 1.53 bits per heavy atom. The molecule has 2 N–H and O–H groups in total. The summed E-state index contributed by atoms with van der Waals surface area (Å²) in [5.74, 6) is 3.11. The van der Waals surface area contributed by atoms with Crippen molar-refractivity contribution >= 4 is 34.9 Å². The van der Waals surface area contributed by atoms with Gasteiger partial charge in [-0.3, -0.25) is 4.79 Å². The molecule has 0 atom stereocenters. The van der Waals surface area contributed by atoms with Gasteiger partial charge >= 0.3 is 0 Å². The Kier molecular flexibility index (Phi) is 5.39. The summed E-state index contributed by atoms with van der Waals surface area (Å²) in [6.07, 6.45) is 2.98. The van der Waals surface area contributed by atoms with Crippen LogP contribution in [0.1, 0.15) is 19.3 Å². The van der Waals surface area contributed by atoms with Gasteiger partial charge in [0.15, 0.2) is 0 Å². The number of carbonyl (C=O) groups is 1. The van der Waals surface area contributed by atoms with E-state index < -0.39 is 0 Å². The van der Waals surface area contributed by atoms with Crippen LogP contribution in [-0.4, -0.2) is 40.9 Å². The highest BCUT2D eigenvalue weighted by atomic mass is 32.2. The van der Waals surface area contributed by atoms with E-state index in [1.807, 2.05) is 11.8 Å². The van der Waals surface area contributed by atoms with Crippen molar-refractivity contribution in [2.45, 2.75) is 19.3 Å². The van der Waals surface area contributed by atoms with Gasteiger partial charge in [-0.1, -0.05) is 12.2 Å². The van der Waals surface area contributed by atoms with Crippen molar-refractivity contribution in [2.75, 3.05) is 25.1 Å². The van der Waals surface area contributed by atoms with Crippen LogP contribution in [-0.2, 0) is 4.79 Å².